The zero-order chi connectivity index (χ0) is 21.2. The van der Waals surface area contributed by atoms with Crippen LogP contribution in [-0.4, -0.2) is 21.1 Å². The third-order valence-corrected chi connectivity index (χ3v) is 4.63. The molecule has 3 heterocycles. The predicted octanol–water partition coefficient (Wildman–Crippen LogP) is 4.67. The van der Waals surface area contributed by atoms with Gasteiger partial charge >= 0.3 is 6.01 Å². The van der Waals surface area contributed by atoms with Crippen molar-refractivity contribution < 1.29 is 13.6 Å². The van der Waals surface area contributed by atoms with Crippen LogP contribution in [0.25, 0.3) is 33.8 Å². The van der Waals surface area contributed by atoms with Gasteiger partial charge in [-0.25, -0.2) is 4.98 Å². The van der Waals surface area contributed by atoms with Gasteiger partial charge < -0.3 is 8.83 Å². The molecule has 0 aliphatic heterocycles. The number of benzene rings is 2. The molecule has 0 spiro atoms. The Bertz CT molecular complexity index is 1450. The predicted molar refractivity (Wildman–Crippen MR) is 112 cm³/mol. The number of hydrogen-bond donors (Lipinski definition) is 1. The van der Waals surface area contributed by atoms with Crippen LogP contribution in [0.15, 0.2) is 81.8 Å². The van der Waals surface area contributed by atoms with Gasteiger partial charge in [0.25, 0.3) is 11.8 Å². The van der Waals surface area contributed by atoms with Crippen LogP contribution in [0.1, 0.15) is 15.9 Å². The van der Waals surface area contributed by atoms with Gasteiger partial charge in [0.05, 0.1) is 34.7 Å². The van der Waals surface area contributed by atoms with Crippen molar-refractivity contribution >= 4 is 22.8 Å². The summed E-state index contributed by atoms with van der Waals surface area (Å²) in [5.74, 6) is 0.141. The van der Waals surface area contributed by atoms with E-state index in [0.717, 1.165) is 5.56 Å². The number of anilines is 1. The molecular weight excluding hydrogens is 394 g/mol. The number of pyridine rings is 1. The van der Waals surface area contributed by atoms with Crippen LogP contribution >= 0.6 is 0 Å². The first-order chi connectivity index (χ1) is 15.2. The van der Waals surface area contributed by atoms with E-state index in [9.17, 15) is 10.1 Å². The Balaban J connectivity index is 1.54. The molecule has 0 unspecified atom stereocenters. The summed E-state index contributed by atoms with van der Waals surface area (Å²) in [6.45, 7) is 0. The number of hydrogen-bond acceptors (Lipinski definition) is 7. The van der Waals surface area contributed by atoms with Crippen molar-refractivity contribution in [1.29, 1.82) is 5.26 Å². The first-order valence-corrected chi connectivity index (χ1v) is 9.30. The number of nitriles is 1. The van der Waals surface area contributed by atoms with E-state index < -0.39 is 5.91 Å². The van der Waals surface area contributed by atoms with Crippen LogP contribution in [0.4, 0.5) is 6.01 Å². The second-order valence-electron chi connectivity index (χ2n) is 6.61. The lowest BCUT2D eigenvalue weighted by Gasteiger charge is -2.09. The summed E-state index contributed by atoms with van der Waals surface area (Å²) >= 11 is 0. The highest BCUT2D eigenvalue weighted by Crippen LogP contribution is 2.27. The fourth-order valence-corrected chi connectivity index (χ4v) is 3.20. The fourth-order valence-electron chi connectivity index (χ4n) is 3.20. The van der Waals surface area contributed by atoms with Crippen molar-refractivity contribution in [3.63, 3.8) is 0 Å². The molecule has 3 aromatic heterocycles. The van der Waals surface area contributed by atoms with E-state index in [1.54, 1.807) is 36.4 Å². The molecular formula is C23H13N5O3. The maximum Gasteiger partial charge on any atom is 0.322 e. The highest BCUT2D eigenvalue weighted by Gasteiger charge is 2.18. The molecule has 8 nitrogen and oxygen atoms in total. The Morgan fingerprint density at radius 2 is 1.90 bits per heavy atom. The molecule has 5 rings (SSSR count). The van der Waals surface area contributed by atoms with E-state index in [0.29, 0.717) is 33.5 Å². The standard InChI is InChI=1S/C23H13N5O3/c24-13-14-5-3-6-15(11-14)19-12-17(16-7-1-2-8-18(16)25-19)21(29)26-23-28-27-22(31-23)20-9-4-10-30-20/h1-12H,(H,26,28,29). The number of rotatable bonds is 4. The SMILES string of the molecule is N#Cc1cccc(-c2cc(C(=O)Nc3nnc(-c4ccco4)o3)c3ccccc3n2)c1. The number of furan rings is 1. The van der Waals surface area contributed by atoms with Gasteiger partial charge in [-0.1, -0.05) is 35.4 Å². The number of para-hydroxylation sites is 1. The van der Waals surface area contributed by atoms with E-state index >= 15 is 0 Å². The second-order valence-corrected chi connectivity index (χ2v) is 6.61. The van der Waals surface area contributed by atoms with Crippen molar-refractivity contribution in [2.75, 3.05) is 5.32 Å². The van der Waals surface area contributed by atoms with Crippen molar-refractivity contribution in [2.45, 2.75) is 0 Å². The molecule has 31 heavy (non-hydrogen) atoms. The largest absolute Gasteiger partial charge is 0.459 e. The summed E-state index contributed by atoms with van der Waals surface area (Å²) < 4.78 is 10.7. The minimum absolute atomic E-state index is 0.0506. The number of fused-ring (bicyclic) bond motifs is 1. The number of amides is 1. The molecule has 0 atom stereocenters. The Kier molecular flexibility index (Phi) is 4.46. The Morgan fingerprint density at radius 3 is 2.74 bits per heavy atom. The van der Waals surface area contributed by atoms with Gasteiger partial charge in [0, 0.05) is 10.9 Å². The number of nitrogens with zero attached hydrogens (tertiary/aromatic N) is 4. The van der Waals surface area contributed by atoms with Gasteiger partial charge in [0.15, 0.2) is 5.76 Å². The average molecular weight is 407 g/mol. The van der Waals surface area contributed by atoms with Gasteiger partial charge in [-0.05, 0) is 36.4 Å². The van der Waals surface area contributed by atoms with Gasteiger partial charge in [-0.2, -0.15) is 5.26 Å². The molecule has 0 aliphatic carbocycles. The fraction of sp³-hybridized carbons (Fsp3) is 0. The zero-order valence-corrected chi connectivity index (χ0v) is 15.9. The minimum atomic E-state index is -0.425. The number of carbonyl (C=O) groups excluding carboxylic acids is 1. The average Bonchev–Trinajstić information content (AvgIpc) is 3.50. The van der Waals surface area contributed by atoms with E-state index in [1.165, 1.54) is 6.26 Å². The molecule has 1 N–H and O–H groups in total. The van der Waals surface area contributed by atoms with Crippen LogP contribution in [0.2, 0.25) is 0 Å². The normalized spacial score (nSPS) is 10.7. The lowest BCUT2D eigenvalue weighted by Crippen LogP contribution is -2.13. The highest BCUT2D eigenvalue weighted by molar-refractivity contribution is 6.12. The summed E-state index contributed by atoms with van der Waals surface area (Å²) in [6, 6.07) is 21.5. The molecule has 0 radical (unpaired) electrons. The third kappa shape index (κ3) is 3.52. The molecule has 0 saturated heterocycles. The molecule has 0 saturated carbocycles. The molecule has 0 aliphatic rings. The summed E-state index contributed by atoms with van der Waals surface area (Å²) in [5.41, 5.74) is 2.85. The molecule has 5 aromatic rings. The van der Waals surface area contributed by atoms with E-state index in [4.69, 9.17) is 8.83 Å². The lowest BCUT2D eigenvalue weighted by atomic mass is 10.0. The summed E-state index contributed by atoms with van der Waals surface area (Å²) in [6.07, 6.45) is 1.49. The first kappa shape index (κ1) is 18.3. The van der Waals surface area contributed by atoms with Crippen molar-refractivity contribution in [3.05, 3.63) is 84.1 Å². The second kappa shape index (κ2) is 7.57. The number of carbonyl (C=O) groups is 1. The van der Waals surface area contributed by atoms with E-state index in [2.05, 4.69) is 26.6 Å². The molecule has 0 bridgehead atoms. The zero-order valence-electron chi connectivity index (χ0n) is 15.9. The van der Waals surface area contributed by atoms with Crippen molar-refractivity contribution in [2.24, 2.45) is 0 Å². The maximum atomic E-state index is 13.1. The quantitative estimate of drug-likeness (QED) is 0.460. The molecule has 0 fully saturated rings. The monoisotopic (exact) mass is 407 g/mol. The van der Waals surface area contributed by atoms with Crippen LogP contribution in [0.3, 0.4) is 0 Å². The van der Waals surface area contributed by atoms with Crippen LogP contribution < -0.4 is 5.32 Å². The molecule has 8 heteroatoms. The minimum Gasteiger partial charge on any atom is -0.459 e. The van der Waals surface area contributed by atoms with Gasteiger partial charge in [0.2, 0.25) is 0 Å². The maximum absolute atomic E-state index is 13.1. The Morgan fingerprint density at radius 1 is 1.00 bits per heavy atom. The van der Waals surface area contributed by atoms with Crippen LogP contribution in [0, 0.1) is 11.3 Å². The van der Waals surface area contributed by atoms with Gasteiger partial charge in [-0.15, -0.1) is 5.10 Å². The lowest BCUT2D eigenvalue weighted by molar-refractivity contribution is 0.102. The smallest absolute Gasteiger partial charge is 0.322 e. The summed E-state index contributed by atoms with van der Waals surface area (Å²) in [5, 5.41) is 20.2. The first-order valence-electron chi connectivity index (χ1n) is 9.30. The summed E-state index contributed by atoms with van der Waals surface area (Å²) in [4.78, 5) is 17.7. The van der Waals surface area contributed by atoms with Crippen molar-refractivity contribution in [1.82, 2.24) is 15.2 Å². The molecule has 2 aromatic carbocycles. The van der Waals surface area contributed by atoms with Crippen LogP contribution in [-0.2, 0) is 0 Å². The van der Waals surface area contributed by atoms with Crippen molar-refractivity contribution in [3.8, 4) is 29.0 Å². The number of nitrogens with one attached hydrogen (secondary N) is 1. The Hall–Kier alpha value is -4.77. The van der Waals surface area contributed by atoms with E-state index in [-0.39, 0.29) is 11.9 Å². The number of aromatic nitrogens is 3. The van der Waals surface area contributed by atoms with E-state index in [1.807, 2.05) is 30.3 Å². The van der Waals surface area contributed by atoms with Crippen LogP contribution in [0.5, 0.6) is 0 Å². The molecule has 1 amide bonds. The van der Waals surface area contributed by atoms with Gasteiger partial charge in [0.1, 0.15) is 0 Å². The topological polar surface area (TPSA) is 118 Å². The third-order valence-electron chi connectivity index (χ3n) is 4.63. The molecule has 148 valence electrons. The highest BCUT2D eigenvalue weighted by atomic mass is 16.4. The Labute approximate surface area is 175 Å². The summed E-state index contributed by atoms with van der Waals surface area (Å²) in [7, 11) is 0. The van der Waals surface area contributed by atoms with Gasteiger partial charge in [-0.3, -0.25) is 10.1 Å².